The van der Waals surface area contributed by atoms with Gasteiger partial charge in [0.2, 0.25) is 0 Å². The third-order valence-corrected chi connectivity index (χ3v) is 4.06. The van der Waals surface area contributed by atoms with Crippen molar-refractivity contribution >= 4 is 23.3 Å². The smallest absolute Gasteiger partial charge is 0.340 e. The maximum absolute atomic E-state index is 11.7. The lowest BCUT2D eigenvalue weighted by Gasteiger charge is -2.41. The minimum absolute atomic E-state index is 0.0785. The van der Waals surface area contributed by atoms with E-state index in [9.17, 15) is 9.59 Å². The van der Waals surface area contributed by atoms with Gasteiger partial charge in [-0.15, -0.1) is 0 Å². The molecule has 3 rings (SSSR count). The molecule has 1 saturated heterocycles. The van der Waals surface area contributed by atoms with Gasteiger partial charge in [-0.05, 0) is 30.3 Å². The number of aromatic carboxylic acids is 1. The Labute approximate surface area is 144 Å². The molecule has 0 amide bonds. The zero-order valence-electron chi connectivity index (χ0n) is 13.6. The van der Waals surface area contributed by atoms with Gasteiger partial charge in [0, 0.05) is 0 Å². The molecule has 0 saturated carbocycles. The quantitative estimate of drug-likeness (QED) is 0.633. The number of carbonyl (C=O) groups is 2. The summed E-state index contributed by atoms with van der Waals surface area (Å²) in [6, 6.07) is 11.6. The van der Waals surface area contributed by atoms with Gasteiger partial charge in [0.15, 0.2) is 0 Å². The van der Waals surface area contributed by atoms with E-state index < -0.39 is 11.9 Å². The van der Waals surface area contributed by atoms with E-state index in [-0.39, 0.29) is 11.7 Å². The van der Waals surface area contributed by atoms with E-state index in [0.29, 0.717) is 30.1 Å². The van der Waals surface area contributed by atoms with Crippen LogP contribution in [0, 0.1) is 0 Å². The third kappa shape index (κ3) is 3.35. The molecule has 0 atom stereocenters. The first-order valence-electron chi connectivity index (χ1n) is 7.71. The summed E-state index contributed by atoms with van der Waals surface area (Å²) in [6.45, 7) is 1.18. The molecule has 1 aliphatic rings. The highest BCUT2D eigenvalue weighted by Crippen LogP contribution is 2.31. The molecule has 1 heterocycles. The van der Waals surface area contributed by atoms with E-state index in [4.69, 9.17) is 20.3 Å². The Kier molecular flexibility index (Phi) is 4.47. The number of hydrogen-bond acceptors (Lipinski definition) is 6. The molecule has 0 bridgehead atoms. The number of anilines is 2. The van der Waals surface area contributed by atoms with Crippen LogP contribution in [0.3, 0.4) is 0 Å². The van der Waals surface area contributed by atoms with Gasteiger partial charge in [-0.3, -0.25) is 0 Å². The number of nitrogen functional groups attached to an aromatic ring is 1. The zero-order chi connectivity index (χ0) is 18.0. The van der Waals surface area contributed by atoms with Crippen molar-refractivity contribution in [2.45, 2.75) is 6.10 Å². The lowest BCUT2D eigenvalue weighted by atomic mass is 10.1. The molecule has 25 heavy (non-hydrogen) atoms. The van der Waals surface area contributed by atoms with E-state index in [1.165, 1.54) is 19.2 Å². The number of rotatable bonds is 5. The molecular formula is C18H18N2O5. The van der Waals surface area contributed by atoms with Crippen LogP contribution in [0.15, 0.2) is 42.5 Å². The summed E-state index contributed by atoms with van der Waals surface area (Å²) < 4.78 is 10.5. The molecule has 0 aliphatic carbocycles. The molecule has 7 heteroatoms. The SMILES string of the molecule is COC(=O)c1cccc(N2CC(Oc3cccc(C(=O)O)c3)C2)c1N. The summed E-state index contributed by atoms with van der Waals surface area (Å²) in [7, 11) is 1.31. The van der Waals surface area contributed by atoms with Crippen molar-refractivity contribution in [1.29, 1.82) is 0 Å². The fourth-order valence-corrected chi connectivity index (χ4v) is 2.72. The van der Waals surface area contributed by atoms with Crippen LogP contribution in [0.1, 0.15) is 20.7 Å². The van der Waals surface area contributed by atoms with Crippen molar-refractivity contribution in [2.75, 3.05) is 30.8 Å². The van der Waals surface area contributed by atoms with Crippen molar-refractivity contribution in [1.82, 2.24) is 0 Å². The predicted molar refractivity (Wildman–Crippen MR) is 92.2 cm³/mol. The molecule has 1 aliphatic heterocycles. The van der Waals surface area contributed by atoms with Crippen LogP contribution in [0.4, 0.5) is 11.4 Å². The first-order chi connectivity index (χ1) is 12.0. The monoisotopic (exact) mass is 342 g/mol. The number of ether oxygens (including phenoxy) is 2. The average Bonchev–Trinajstić information content (AvgIpc) is 2.58. The Hall–Kier alpha value is -3.22. The van der Waals surface area contributed by atoms with Crippen molar-refractivity contribution < 1.29 is 24.2 Å². The Balaban J connectivity index is 1.66. The lowest BCUT2D eigenvalue weighted by Crippen LogP contribution is -2.54. The predicted octanol–water partition coefficient (Wildman–Crippen LogP) is 2.02. The number of nitrogens with two attached hydrogens (primary N) is 1. The summed E-state index contributed by atoms with van der Waals surface area (Å²) >= 11 is 0. The van der Waals surface area contributed by atoms with Gasteiger partial charge in [-0.25, -0.2) is 9.59 Å². The maximum atomic E-state index is 11.7. The molecule has 3 N–H and O–H groups in total. The normalized spacial score (nSPS) is 13.9. The Bertz CT molecular complexity index is 815. The second kappa shape index (κ2) is 6.72. The van der Waals surface area contributed by atoms with Gasteiger partial charge >= 0.3 is 11.9 Å². The van der Waals surface area contributed by atoms with E-state index in [2.05, 4.69) is 0 Å². The summed E-state index contributed by atoms with van der Waals surface area (Å²) in [4.78, 5) is 24.7. The highest BCUT2D eigenvalue weighted by molar-refractivity contribution is 5.98. The van der Waals surface area contributed by atoms with Crippen LogP contribution in [0.25, 0.3) is 0 Å². The number of hydrogen-bond donors (Lipinski definition) is 2. The van der Waals surface area contributed by atoms with Gasteiger partial charge in [-0.2, -0.15) is 0 Å². The third-order valence-electron chi connectivity index (χ3n) is 4.06. The molecule has 0 radical (unpaired) electrons. The summed E-state index contributed by atoms with van der Waals surface area (Å²) in [6.07, 6.45) is -0.0785. The molecule has 2 aromatic rings. The minimum Gasteiger partial charge on any atom is -0.487 e. The van der Waals surface area contributed by atoms with Crippen molar-refractivity contribution in [3.63, 3.8) is 0 Å². The van der Waals surface area contributed by atoms with Crippen molar-refractivity contribution in [3.8, 4) is 5.75 Å². The van der Waals surface area contributed by atoms with Crippen LogP contribution in [-0.4, -0.2) is 43.3 Å². The first kappa shape index (κ1) is 16.6. The van der Waals surface area contributed by atoms with Crippen LogP contribution in [-0.2, 0) is 4.74 Å². The minimum atomic E-state index is -0.993. The Morgan fingerprint density at radius 2 is 1.92 bits per heavy atom. The second-order valence-electron chi connectivity index (χ2n) is 5.71. The number of methoxy groups -OCH3 is 1. The Morgan fingerprint density at radius 3 is 2.60 bits per heavy atom. The standard InChI is InChI=1S/C18H18N2O5/c1-24-18(23)14-6-3-7-15(16(14)19)20-9-13(10-20)25-12-5-2-4-11(8-12)17(21)22/h2-8,13H,9-10,19H2,1H3,(H,21,22). The molecule has 0 spiro atoms. The van der Waals surface area contributed by atoms with E-state index in [1.54, 1.807) is 24.3 Å². The van der Waals surface area contributed by atoms with E-state index in [1.807, 2.05) is 11.0 Å². The fourth-order valence-electron chi connectivity index (χ4n) is 2.72. The zero-order valence-corrected chi connectivity index (χ0v) is 13.6. The molecule has 1 fully saturated rings. The summed E-state index contributed by atoms with van der Waals surface area (Å²) in [5.74, 6) is -0.952. The average molecular weight is 342 g/mol. The summed E-state index contributed by atoms with van der Waals surface area (Å²) in [5.41, 5.74) is 7.72. The van der Waals surface area contributed by atoms with Crippen LogP contribution in [0.5, 0.6) is 5.75 Å². The Morgan fingerprint density at radius 1 is 1.20 bits per heavy atom. The molecular weight excluding hydrogens is 324 g/mol. The number of para-hydroxylation sites is 1. The number of benzene rings is 2. The topological polar surface area (TPSA) is 102 Å². The molecule has 0 unspecified atom stereocenters. The fraction of sp³-hybridized carbons (Fsp3) is 0.222. The number of carbonyl (C=O) groups excluding carboxylic acids is 1. The lowest BCUT2D eigenvalue weighted by molar-refractivity contribution is 0.0601. The first-order valence-corrected chi connectivity index (χ1v) is 7.71. The number of esters is 1. The van der Waals surface area contributed by atoms with Gasteiger partial charge in [0.1, 0.15) is 11.9 Å². The number of nitrogens with zero attached hydrogens (tertiary/aromatic N) is 1. The van der Waals surface area contributed by atoms with Crippen molar-refractivity contribution in [2.24, 2.45) is 0 Å². The van der Waals surface area contributed by atoms with Gasteiger partial charge in [-0.1, -0.05) is 12.1 Å². The summed E-state index contributed by atoms with van der Waals surface area (Å²) in [5, 5.41) is 9.01. The van der Waals surface area contributed by atoms with E-state index in [0.717, 1.165) is 5.69 Å². The second-order valence-corrected chi connectivity index (χ2v) is 5.71. The van der Waals surface area contributed by atoms with Crippen LogP contribution < -0.4 is 15.4 Å². The molecule has 7 nitrogen and oxygen atoms in total. The number of carboxylic acid groups (broad SMARTS) is 1. The molecule has 0 aromatic heterocycles. The van der Waals surface area contributed by atoms with Gasteiger partial charge in [0.25, 0.3) is 0 Å². The van der Waals surface area contributed by atoms with Crippen LogP contribution >= 0.6 is 0 Å². The number of carboxylic acids is 1. The highest BCUT2D eigenvalue weighted by Gasteiger charge is 2.31. The largest absolute Gasteiger partial charge is 0.487 e. The van der Waals surface area contributed by atoms with Crippen LogP contribution in [0.2, 0.25) is 0 Å². The van der Waals surface area contributed by atoms with Crippen molar-refractivity contribution in [3.05, 3.63) is 53.6 Å². The van der Waals surface area contributed by atoms with Gasteiger partial charge < -0.3 is 25.2 Å². The van der Waals surface area contributed by atoms with Gasteiger partial charge in [0.05, 0.1) is 42.7 Å². The van der Waals surface area contributed by atoms with E-state index >= 15 is 0 Å². The maximum Gasteiger partial charge on any atom is 0.340 e. The highest BCUT2D eigenvalue weighted by atomic mass is 16.5. The molecule has 2 aromatic carbocycles. The molecule has 130 valence electrons.